The molecule has 1 aromatic heterocycles. The van der Waals surface area contributed by atoms with Gasteiger partial charge < -0.3 is 23.9 Å². The molecule has 0 aliphatic heterocycles. The number of halogens is 1. The van der Waals surface area contributed by atoms with Gasteiger partial charge in [-0.1, -0.05) is 35.9 Å². The fourth-order valence-electron chi connectivity index (χ4n) is 3.48. The van der Waals surface area contributed by atoms with Crippen molar-refractivity contribution >= 4 is 34.2 Å². The normalized spacial score (nSPS) is 10.7. The Labute approximate surface area is 194 Å². The molecule has 3 aromatic carbocycles. The minimum Gasteiger partial charge on any atom is -0.493 e. The fraction of sp³-hybridized carbons (Fsp3) is 0.120. The summed E-state index contributed by atoms with van der Waals surface area (Å²) in [6.07, 6.45) is 0. The molecule has 0 saturated heterocycles. The number of rotatable bonds is 6. The van der Waals surface area contributed by atoms with Crippen molar-refractivity contribution in [1.29, 1.82) is 0 Å². The van der Waals surface area contributed by atoms with Gasteiger partial charge >= 0.3 is 5.63 Å². The van der Waals surface area contributed by atoms with Crippen molar-refractivity contribution in [3.8, 4) is 28.4 Å². The molecule has 0 atom stereocenters. The highest BCUT2D eigenvalue weighted by Gasteiger charge is 2.18. The van der Waals surface area contributed by atoms with Crippen LogP contribution in [0.3, 0.4) is 0 Å². The Morgan fingerprint density at radius 2 is 1.58 bits per heavy atom. The largest absolute Gasteiger partial charge is 0.493 e. The number of hydrogen-bond acceptors (Lipinski definition) is 6. The molecule has 1 heterocycles. The Morgan fingerprint density at radius 3 is 2.21 bits per heavy atom. The number of amides is 1. The third-order valence-corrected chi connectivity index (χ3v) is 5.40. The quantitative estimate of drug-likeness (QED) is 0.384. The van der Waals surface area contributed by atoms with Crippen LogP contribution in [0.4, 0.5) is 5.69 Å². The second-order valence-corrected chi connectivity index (χ2v) is 7.46. The molecular weight excluding hydrogens is 446 g/mol. The number of anilines is 1. The number of methoxy groups -OCH3 is 3. The van der Waals surface area contributed by atoms with Crippen LogP contribution >= 0.6 is 11.6 Å². The molecule has 0 fully saturated rings. The van der Waals surface area contributed by atoms with E-state index in [2.05, 4.69) is 5.32 Å². The van der Waals surface area contributed by atoms with Crippen molar-refractivity contribution < 1.29 is 23.4 Å². The van der Waals surface area contributed by atoms with Crippen LogP contribution < -0.4 is 25.2 Å². The molecule has 0 bridgehead atoms. The van der Waals surface area contributed by atoms with E-state index in [1.54, 1.807) is 48.5 Å². The summed E-state index contributed by atoms with van der Waals surface area (Å²) in [5.41, 5.74) is 1.59. The second-order valence-electron chi connectivity index (χ2n) is 7.05. The van der Waals surface area contributed by atoms with Crippen molar-refractivity contribution in [1.82, 2.24) is 0 Å². The van der Waals surface area contributed by atoms with E-state index >= 15 is 0 Å². The molecule has 1 amide bonds. The molecule has 0 aliphatic carbocycles. The van der Waals surface area contributed by atoms with Crippen LogP contribution in [0.2, 0.25) is 5.02 Å². The zero-order valence-corrected chi connectivity index (χ0v) is 18.9. The van der Waals surface area contributed by atoms with Crippen LogP contribution in [0.1, 0.15) is 10.4 Å². The van der Waals surface area contributed by atoms with Gasteiger partial charge in [0, 0.05) is 22.2 Å². The third kappa shape index (κ3) is 4.36. The Hall–Kier alpha value is -3.97. The maximum Gasteiger partial charge on any atom is 0.344 e. The molecule has 8 heteroatoms. The number of hydrogen-bond donors (Lipinski definition) is 1. The molecule has 4 aromatic rings. The molecule has 0 aliphatic rings. The minimum absolute atomic E-state index is 0.292. The van der Waals surface area contributed by atoms with E-state index in [1.807, 2.05) is 12.1 Å². The lowest BCUT2D eigenvalue weighted by atomic mass is 10.1. The molecule has 0 spiro atoms. The maximum atomic E-state index is 12.8. The van der Waals surface area contributed by atoms with Crippen LogP contribution in [0, 0.1) is 0 Å². The highest BCUT2D eigenvalue weighted by Crippen LogP contribution is 2.38. The summed E-state index contributed by atoms with van der Waals surface area (Å²) in [7, 11) is 4.43. The summed E-state index contributed by atoms with van der Waals surface area (Å²) in [4.78, 5) is 25.3. The summed E-state index contributed by atoms with van der Waals surface area (Å²) >= 11 is 6.46. The molecule has 0 saturated carbocycles. The van der Waals surface area contributed by atoms with E-state index in [4.69, 9.17) is 30.2 Å². The lowest BCUT2D eigenvalue weighted by molar-refractivity contribution is 0.102. The number of nitrogens with one attached hydrogen (secondary N) is 1. The number of carbonyl (C=O) groups is 1. The van der Waals surface area contributed by atoms with Crippen molar-refractivity contribution in [2.75, 3.05) is 26.6 Å². The monoisotopic (exact) mass is 465 g/mol. The second kappa shape index (κ2) is 9.26. The Balaban J connectivity index is 1.64. The van der Waals surface area contributed by atoms with E-state index in [0.717, 1.165) is 5.39 Å². The first-order valence-corrected chi connectivity index (χ1v) is 10.3. The van der Waals surface area contributed by atoms with E-state index in [-0.39, 0.29) is 0 Å². The first-order valence-electron chi connectivity index (χ1n) is 9.89. The number of para-hydroxylation sites is 1. The van der Waals surface area contributed by atoms with Crippen LogP contribution in [0.5, 0.6) is 17.2 Å². The van der Waals surface area contributed by atoms with Crippen molar-refractivity contribution in [3.05, 3.63) is 81.7 Å². The summed E-state index contributed by atoms with van der Waals surface area (Å²) < 4.78 is 21.3. The third-order valence-electron chi connectivity index (χ3n) is 5.09. The van der Waals surface area contributed by atoms with Gasteiger partial charge in [-0.15, -0.1) is 0 Å². The highest BCUT2D eigenvalue weighted by atomic mass is 35.5. The summed E-state index contributed by atoms with van der Waals surface area (Å²) in [5.74, 6) is 0.707. The lowest BCUT2D eigenvalue weighted by Crippen LogP contribution is -2.13. The SMILES string of the molecule is COc1cc(C(=O)Nc2ccc(-c3cc4ccccc4oc3=O)c(Cl)c2)cc(OC)c1OC. The van der Waals surface area contributed by atoms with E-state index < -0.39 is 11.5 Å². The number of benzene rings is 3. The molecule has 7 nitrogen and oxygen atoms in total. The maximum absolute atomic E-state index is 12.8. The van der Waals surface area contributed by atoms with Crippen molar-refractivity contribution in [2.45, 2.75) is 0 Å². The number of fused-ring (bicyclic) bond motifs is 1. The molecule has 168 valence electrons. The standard InChI is InChI=1S/C25H20ClNO6/c1-30-21-11-15(12-22(31-2)23(21)32-3)24(28)27-16-8-9-17(19(26)13-16)18-10-14-6-4-5-7-20(14)33-25(18)29/h4-13H,1-3H3,(H,27,28). The molecule has 0 unspecified atom stereocenters. The Bertz CT molecular complexity index is 1390. The number of ether oxygens (including phenoxy) is 3. The highest BCUT2D eigenvalue weighted by molar-refractivity contribution is 6.33. The minimum atomic E-state index is -0.496. The van der Waals surface area contributed by atoms with Gasteiger partial charge in [-0.05, 0) is 36.4 Å². The van der Waals surface area contributed by atoms with E-state index in [1.165, 1.54) is 21.3 Å². The zero-order valence-electron chi connectivity index (χ0n) is 18.1. The predicted octanol–water partition coefficient (Wildman–Crippen LogP) is 5.39. The molecule has 1 N–H and O–H groups in total. The zero-order chi connectivity index (χ0) is 23.5. The fourth-order valence-corrected chi connectivity index (χ4v) is 3.76. The summed E-state index contributed by atoms with van der Waals surface area (Å²) in [6.45, 7) is 0. The average molecular weight is 466 g/mol. The van der Waals surface area contributed by atoms with Gasteiger partial charge in [0.15, 0.2) is 11.5 Å². The topological polar surface area (TPSA) is 87.0 Å². The van der Waals surface area contributed by atoms with Gasteiger partial charge in [0.05, 0.1) is 31.9 Å². The van der Waals surface area contributed by atoms with Gasteiger partial charge in [-0.25, -0.2) is 4.79 Å². The summed E-state index contributed by atoms with van der Waals surface area (Å²) in [5, 5.41) is 3.86. The summed E-state index contributed by atoms with van der Waals surface area (Å²) in [6, 6.07) is 16.9. The molecule has 4 rings (SSSR count). The van der Waals surface area contributed by atoms with E-state index in [0.29, 0.717) is 50.2 Å². The van der Waals surface area contributed by atoms with Gasteiger partial charge in [0.25, 0.3) is 5.91 Å². The first-order chi connectivity index (χ1) is 15.9. The molecule has 33 heavy (non-hydrogen) atoms. The van der Waals surface area contributed by atoms with Gasteiger partial charge in [0.1, 0.15) is 5.58 Å². The van der Waals surface area contributed by atoms with Crippen molar-refractivity contribution in [3.63, 3.8) is 0 Å². The number of carbonyl (C=O) groups excluding carboxylic acids is 1. The van der Waals surface area contributed by atoms with Gasteiger partial charge in [0.2, 0.25) is 5.75 Å². The Kier molecular flexibility index (Phi) is 6.24. The van der Waals surface area contributed by atoms with Crippen LogP contribution in [0.15, 0.2) is 69.9 Å². The van der Waals surface area contributed by atoms with Crippen LogP contribution in [-0.4, -0.2) is 27.2 Å². The van der Waals surface area contributed by atoms with Gasteiger partial charge in [-0.3, -0.25) is 4.79 Å². The predicted molar refractivity (Wildman–Crippen MR) is 127 cm³/mol. The van der Waals surface area contributed by atoms with Crippen molar-refractivity contribution in [2.24, 2.45) is 0 Å². The van der Waals surface area contributed by atoms with Gasteiger partial charge in [-0.2, -0.15) is 0 Å². The Morgan fingerprint density at radius 1 is 0.879 bits per heavy atom. The van der Waals surface area contributed by atoms with Crippen LogP contribution in [0.25, 0.3) is 22.1 Å². The lowest BCUT2D eigenvalue weighted by Gasteiger charge is -2.14. The average Bonchev–Trinajstić information content (AvgIpc) is 2.82. The molecular formula is C25H20ClNO6. The van der Waals surface area contributed by atoms with E-state index in [9.17, 15) is 9.59 Å². The molecule has 0 radical (unpaired) electrons. The first kappa shape index (κ1) is 22.2. The smallest absolute Gasteiger partial charge is 0.344 e. The van der Waals surface area contributed by atoms with Crippen LogP contribution in [-0.2, 0) is 0 Å².